The number of rotatable bonds is 3. The molecule has 1 N–H and O–H groups in total. The van der Waals surface area contributed by atoms with Crippen LogP contribution in [-0.2, 0) is 0 Å². The van der Waals surface area contributed by atoms with Crippen molar-refractivity contribution in [3.63, 3.8) is 0 Å². The van der Waals surface area contributed by atoms with Crippen LogP contribution in [0.25, 0.3) is 0 Å². The van der Waals surface area contributed by atoms with Gasteiger partial charge in [0.2, 0.25) is 0 Å². The van der Waals surface area contributed by atoms with E-state index in [0.717, 1.165) is 12.5 Å². The molecule has 1 aromatic rings. The van der Waals surface area contributed by atoms with Crippen molar-refractivity contribution in [2.45, 2.75) is 52.0 Å². The summed E-state index contributed by atoms with van der Waals surface area (Å²) in [5.41, 5.74) is 4.37. The third-order valence-electron chi connectivity index (χ3n) is 3.94. The van der Waals surface area contributed by atoms with Gasteiger partial charge < -0.3 is 5.32 Å². The van der Waals surface area contributed by atoms with Crippen LogP contribution in [0, 0.1) is 13.8 Å². The van der Waals surface area contributed by atoms with Gasteiger partial charge in [0, 0.05) is 6.04 Å². The summed E-state index contributed by atoms with van der Waals surface area (Å²) in [5.74, 6) is 0.735. The Bertz CT molecular complexity index is 356. The van der Waals surface area contributed by atoms with Gasteiger partial charge in [-0.2, -0.15) is 0 Å². The predicted octanol–water partition coefficient (Wildman–Crippen LogP) is 3.55. The van der Waals surface area contributed by atoms with Gasteiger partial charge in [0.25, 0.3) is 0 Å². The highest BCUT2D eigenvalue weighted by atomic mass is 14.9. The molecular formula is C15H23N. The number of aryl methyl sites for hydroxylation is 2. The molecule has 1 heteroatoms. The summed E-state index contributed by atoms with van der Waals surface area (Å²) in [6.07, 6.45) is 4.06. The van der Waals surface area contributed by atoms with Crippen LogP contribution >= 0.6 is 0 Å². The molecule has 0 spiro atoms. The van der Waals surface area contributed by atoms with Gasteiger partial charge >= 0.3 is 0 Å². The summed E-state index contributed by atoms with van der Waals surface area (Å²) in [6.45, 7) is 7.70. The molecule has 2 atom stereocenters. The van der Waals surface area contributed by atoms with Crippen molar-refractivity contribution in [2.24, 2.45) is 0 Å². The first-order valence-electron chi connectivity index (χ1n) is 6.53. The van der Waals surface area contributed by atoms with Gasteiger partial charge in [0.05, 0.1) is 0 Å². The van der Waals surface area contributed by atoms with Crippen LogP contribution in [0.2, 0.25) is 0 Å². The molecule has 16 heavy (non-hydrogen) atoms. The first-order valence-corrected chi connectivity index (χ1v) is 6.53. The lowest BCUT2D eigenvalue weighted by molar-refractivity contribution is 0.492. The molecule has 0 heterocycles. The summed E-state index contributed by atoms with van der Waals surface area (Å²) in [5, 5.41) is 3.63. The van der Waals surface area contributed by atoms with E-state index in [9.17, 15) is 0 Å². The molecule has 88 valence electrons. The minimum atomic E-state index is 0.701. The fourth-order valence-electron chi connectivity index (χ4n) is 2.86. The van der Waals surface area contributed by atoms with Gasteiger partial charge in [-0.3, -0.25) is 0 Å². The number of benzene rings is 1. The van der Waals surface area contributed by atoms with Crippen LogP contribution in [0.15, 0.2) is 18.2 Å². The fraction of sp³-hybridized carbons (Fsp3) is 0.600. The molecule has 0 amide bonds. The predicted molar refractivity (Wildman–Crippen MR) is 70.0 cm³/mol. The van der Waals surface area contributed by atoms with Crippen LogP contribution in [0.1, 0.15) is 48.8 Å². The van der Waals surface area contributed by atoms with E-state index >= 15 is 0 Å². The molecule has 2 unspecified atom stereocenters. The average Bonchev–Trinajstić information content (AvgIpc) is 2.71. The maximum absolute atomic E-state index is 3.63. The van der Waals surface area contributed by atoms with Crippen LogP contribution in [0.4, 0.5) is 0 Å². The third-order valence-corrected chi connectivity index (χ3v) is 3.94. The standard InChI is InChI=1S/C15H23N/c1-4-16-15-7-5-6-14(15)13-9-8-11(2)12(3)10-13/h8-10,14-16H,4-7H2,1-3H3. The molecule has 2 rings (SSSR count). The minimum Gasteiger partial charge on any atom is -0.314 e. The lowest BCUT2D eigenvalue weighted by atomic mass is 9.91. The normalized spacial score (nSPS) is 24.9. The Labute approximate surface area is 99.3 Å². The van der Waals surface area contributed by atoms with E-state index < -0.39 is 0 Å². The Morgan fingerprint density at radius 3 is 2.69 bits per heavy atom. The Kier molecular flexibility index (Phi) is 3.65. The Hall–Kier alpha value is -0.820. The molecule has 1 fully saturated rings. The van der Waals surface area contributed by atoms with E-state index in [1.54, 1.807) is 0 Å². The van der Waals surface area contributed by atoms with Crippen molar-refractivity contribution in [1.29, 1.82) is 0 Å². The Morgan fingerprint density at radius 1 is 1.19 bits per heavy atom. The van der Waals surface area contributed by atoms with Gasteiger partial charge in [0.15, 0.2) is 0 Å². The van der Waals surface area contributed by atoms with Gasteiger partial charge in [-0.15, -0.1) is 0 Å². The van der Waals surface area contributed by atoms with Crippen LogP contribution in [-0.4, -0.2) is 12.6 Å². The van der Waals surface area contributed by atoms with Crippen LogP contribution in [0.3, 0.4) is 0 Å². The highest BCUT2D eigenvalue weighted by molar-refractivity contribution is 5.33. The van der Waals surface area contributed by atoms with Gasteiger partial charge in [-0.05, 0) is 55.8 Å². The third kappa shape index (κ3) is 2.30. The molecule has 1 aliphatic carbocycles. The lowest BCUT2D eigenvalue weighted by Crippen LogP contribution is -2.30. The smallest absolute Gasteiger partial charge is 0.0136 e. The monoisotopic (exact) mass is 217 g/mol. The number of hydrogen-bond donors (Lipinski definition) is 1. The number of nitrogens with one attached hydrogen (secondary N) is 1. The summed E-state index contributed by atoms with van der Waals surface area (Å²) >= 11 is 0. The quantitative estimate of drug-likeness (QED) is 0.816. The molecule has 1 aromatic carbocycles. The molecule has 0 radical (unpaired) electrons. The molecular weight excluding hydrogens is 194 g/mol. The van der Waals surface area contributed by atoms with Crippen molar-refractivity contribution in [1.82, 2.24) is 5.32 Å². The highest BCUT2D eigenvalue weighted by Gasteiger charge is 2.27. The lowest BCUT2D eigenvalue weighted by Gasteiger charge is -2.21. The summed E-state index contributed by atoms with van der Waals surface area (Å²) in [4.78, 5) is 0. The van der Waals surface area contributed by atoms with E-state index in [1.807, 2.05) is 0 Å². The fourth-order valence-corrected chi connectivity index (χ4v) is 2.86. The maximum atomic E-state index is 3.63. The zero-order valence-electron chi connectivity index (χ0n) is 10.7. The van der Waals surface area contributed by atoms with Crippen LogP contribution < -0.4 is 5.32 Å². The zero-order valence-corrected chi connectivity index (χ0v) is 10.7. The second kappa shape index (κ2) is 5.01. The average molecular weight is 217 g/mol. The van der Waals surface area contributed by atoms with E-state index in [1.165, 1.54) is 36.0 Å². The molecule has 1 saturated carbocycles. The largest absolute Gasteiger partial charge is 0.314 e. The number of hydrogen-bond acceptors (Lipinski definition) is 1. The van der Waals surface area contributed by atoms with Gasteiger partial charge in [-0.25, -0.2) is 0 Å². The van der Waals surface area contributed by atoms with E-state index in [0.29, 0.717) is 6.04 Å². The van der Waals surface area contributed by atoms with Crippen molar-refractivity contribution < 1.29 is 0 Å². The van der Waals surface area contributed by atoms with E-state index in [4.69, 9.17) is 0 Å². The van der Waals surface area contributed by atoms with E-state index in [-0.39, 0.29) is 0 Å². The Morgan fingerprint density at radius 2 is 2.00 bits per heavy atom. The zero-order chi connectivity index (χ0) is 11.5. The van der Waals surface area contributed by atoms with Crippen molar-refractivity contribution in [3.05, 3.63) is 34.9 Å². The summed E-state index contributed by atoms with van der Waals surface area (Å²) in [6, 6.07) is 7.68. The second-order valence-electron chi connectivity index (χ2n) is 5.05. The van der Waals surface area contributed by atoms with Crippen molar-refractivity contribution in [3.8, 4) is 0 Å². The molecule has 0 bridgehead atoms. The topological polar surface area (TPSA) is 12.0 Å². The van der Waals surface area contributed by atoms with Gasteiger partial charge in [0.1, 0.15) is 0 Å². The van der Waals surface area contributed by atoms with E-state index in [2.05, 4.69) is 44.3 Å². The molecule has 0 saturated heterocycles. The van der Waals surface area contributed by atoms with Crippen molar-refractivity contribution in [2.75, 3.05) is 6.54 Å². The van der Waals surface area contributed by atoms with Crippen molar-refractivity contribution >= 4 is 0 Å². The highest BCUT2D eigenvalue weighted by Crippen LogP contribution is 2.35. The Balaban J connectivity index is 2.19. The first kappa shape index (κ1) is 11.7. The number of likely N-dealkylation sites (N-methyl/N-ethyl adjacent to an activating group) is 1. The minimum absolute atomic E-state index is 0.701. The van der Waals surface area contributed by atoms with Crippen LogP contribution in [0.5, 0.6) is 0 Å². The first-order chi connectivity index (χ1) is 7.72. The summed E-state index contributed by atoms with van der Waals surface area (Å²) < 4.78 is 0. The molecule has 0 aliphatic heterocycles. The second-order valence-corrected chi connectivity index (χ2v) is 5.05. The maximum Gasteiger partial charge on any atom is 0.0136 e. The molecule has 0 aromatic heterocycles. The van der Waals surface area contributed by atoms with Gasteiger partial charge in [-0.1, -0.05) is 31.5 Å². The summed E-state index contributed by atoms with van der Waals surface area (Å²) in [7, 11) is 0. The molecule has 1 nitrogen and oxygen atoms in total. The molecule has 1 aliphatic rings. The SMILES string of the molecule is CCNC1CCCC1c1ccc(C)c(C)c1.